The van der Waals surface area contributed by atoms with E-state index in [0.717, 1.165) is 10.8 Å². The van der Waals surface area contributed by atoms with Gasteiger partial charge in [0.2, 0.25) is 0 Å². The highest BCUT2D eigenvalue weighted by molar-refractivity contribution is 9.10. The van der Waals surface area contributed by atoms with Crippen LogP contribution in [0.3, 0.4) is 0 Å². The summed E-state index contributed by atoms with van der Waals surface area (Å²) in [5, 5.41) is 2.11. The molecule has 134 valence electrons. The van der Waals surface area contributed by atoms with Gasteiger partial charge in [-0.15, -0.1) is 0 Å². The Labute approximate surface area is 161 Å². The van der Waals surface area contributed by atoms with Gasteiger partial charge in [-0.25, -0.2) is 9.78 Å². The highest BCUT2D eigenvalue weighted by Crippen LogP contribution is 2.28. The second-order valence-corrected chi connectivity index (χ2v) is 6.61. The van der Waals surface area contributed by atoms with Crippen molar-refractivity contribution >= 4 is 49.4 Å². The number of hydrogen-bond acceptors (Lipinski definition) is 6. The van der Waals surface area contributed by atoms with Gasteiger partial charge in [0.15, 0.2) is 5.65 Å². The molecule has 0 bridgehead atoms. The number of rotatable bonds is 2. The molecule has 0 saturated carbocycles. The Bertz CT molecular complexity index is 1280. The van der Waals surface area contributed by atoms with Gasteiger partial charge in [0, 0.05) is 28.6 Å². The minimum Gasteiger partial charge on any atom is -0.465 e. The quantitative estimate of drug-likeness (QED) is 0.392. The number of ether oxygens (including phenoxy) is 1. The predicted molar refractivity (Wildman–Crippen MR) is 106 cm³/mol. The smallest absolute Gasteiger partial charge is 0.345 e. The van der Waals surface area contributed by atoms with E-state index in [-0.39, 0.29) is 11.3 Å². The van der Waals surface area contributed by atoms with Crippen molar-refractivity contribution in [2.45, 2.75) is 0 Å². The van der Waals surface area contributed by atoms with Gasteiger partial charge >= 0.3 is 5.97 Å². The summed E-state index contributed by atoms with van der Waals surface area (Å²) in [4.78, 5) is 34.1. The molecule has 2 N–H and O–H groups in total. The first-order chi connectivity index (χ1) is 13.0. The van der Waals surface area contributed by atoms with E-state index in [0.29, 0.717) is 21.3 Å². The van der Waals surface area contributed by atoms with Gasteiger partial charge in [-0.05, 0) is 40.2 Å². The van der Waals surface area contributed by atoms with Crippen molar-refractivity contribution in [2.24, 2.45) is 0 Å². The number of nitrogen functional groups attached to an aromatic ring is 1. The van der Waals surface area contributed by atoms with Crippen molar-refractivity contribution in [3.63, 3.8) is 0 Å². The van der Waals surface area contributed by atoms with E-state index in [1.165, 1.54) is 11.7 Å². The van der Waals surface area contributed by atoms with Gasteiger partial charge in [0.1, 0.15) is 10.2 Å². The predicted octanol–water partition coefficient (Wildman–Crippen LogP) is 3.07. The fraction of sp³-hybridized carbons (Fsp3) is 0.0526. The van der Waals surface area contributed by atoms with Crippen LogP contribution < -0.4 is 11.3 Å². The van der Waals surface area contributed by atoms with Crippen LogP contribution >= 0.6 is 15.9 Å². The second kappa shape index (κ2) is 6.48. The van der Waals surface area contributed by atoms with Crippen molar-refractivity contribution < 1.29 is 9.53 Å². The van der Waals surface area contributed by atoms with Gasteiger partial charge in [0.25, 0.3) is 5.56 Å². The molecule has 0 aliphatic carbocycles. The number of hydrogen-bond donors (Lipinski definition) is 1. The Hall–Kier alpha value is -3.26. The molecule has 0 unspecified atom stereocenters. The monoisotopic (exact) mass is 424 g/mol. The third-order valence-corrected chi connectivity index (χ3v) is 4.76. The van der Waals surface area contributed by atoms with Crippen LogP contribution in [0.15, 0.2) is 58.2 Å². The average molecular weight is 425 g/mol. The van der Waals surface area contributed by atoms with E-state index >= 15 is 0 Å². The summed E-state index contributed by atoms with van der Waals surface area (Å²) < 4.78 is 6.69. The number of carbonyl (C=O) groups excluding carboxylic acids is 1. The number of fused-ring (bicyclic) bond motifs is 2. The van der Waals surface area contributed by atoms with Crippen LogP contribution in [0.5, 0.6) is 0 Å². The molecular weight excluding hydrogens is 412 g/mol. The molecule has 0 atom stereocenters. The topological polar surface area (TPSA) is 100 Å². The summed E-state index contributed by atoms with van der Waals surface area (Å²) in [6, 6.07) is 10.7. The molecular formula is C19H13BrN4O3. The number of halogens is 1. The molecule has 0 spiro atoms. The van der Waals surface area contributed by atoms with Gasteiger partial charge in [-0.1, -0.05) is 12.1 Å². The summed E-state index contributed by atoms with van der Waals surface area (Å²) in [5.41, 5.74) is 6.26. The first-order valence-electron chi connectivity index (χ1n) is 7.95. The minimum absolute atomic E-state index is 0.0417. The Balaban J connectivity index is 2.24. The van der Waals surface area contributed by atoms with Gasteiger partial charge < -0.3 is 10.5 Å². The Morgan fingerprint density at radius 1 is 1.19 bits per heavy atom. The molecule has 3 aromatic heterocycles. The summed E-state index contributed by atoms with van der Waals surface area (Å²) in [5.74, 6) is -0.794. The molecule has 0 aliphatic rings. The van der Waals surface area contributed by atoms with Crippen molar-refractivity contribution in [3.05, 3.63) is 69.3 Å². The van der Waals surface area contributed by atoms with Crippen LogP contribution in [0.2, 0.25) is 0 Å². The summed E-state index contributed by atoms with van der Waals surface area (Å²) in [7, 11) is 1.21. The fourth-order valence-corrected chi connectivity index (χ4v) is 3.39. The lowest BCUT2D eigenvalue weighted by atomic mass is 10.1. The number of nitrogens with zero attached hydrogens (tertiary/aromatic N) is 3. The highest BCUT2D eigenvalue weighted by Gasteiger charge is 2.23. The van der Waals surface area contributed by atoms with Crippen molar-refractivity contribution in [2.75, 3.05) is 12.8 Å². The lowest BCUT2D eigenvalue weighted by Crippen LogP contribution is -2.28. The van der Waals surface area contributed by atoms with Crippen LogP contribution in [0, 0.1) is 0 Å². The zero-order valence-corrected chi connectivity index (χ0v) is 15.7. The van der Waals surface area contributed by atoms with Gasteiger partial charge in [0.05, 0.1) is 18.5 Å². The molecule has 3 heterocycles. The number of pyridine rings is 3. The van der Waals surface area contributed by atoms with Gasteiger partial charge in [-0.3, -0.25) is 14.3 Å². The summed E-state index contributed by atoms with van der Waals surface area (Å²) in [6.45, 7) is 0. The standard InChI is InChI=1S/C19H13BrN4O3/c1-27-19(26)15-16(21)12-5-6-14(20)23-17(12)24(18(15)25)13-4-2-3-10-9-22-8-7-11(10)13/h2-9H,21H2,1H3. The molecule has 7 nitrogen and oxygen atoms in total. The van der Waals surface area contributed by atoms with Crippen molar-refractivity contribution in [1.82, 2.24) is 14.5 Å². The molecule has 8 heteroatoms. The highest BCUT2D eigenvalue weighted by atomic mass is 79.9. The molecule has 1 aromatic carbocycles. The molecule has 27 heavy (non-hydrogen) atoms. The normalized spacial score (nSPS) is 11.0. The maximum absolute atomic E-state index is 13.3. The molecule has 0 fully saturated rings. The molecule has 0 radical (unpaired) electrons. The minimum atomic E-state index is -0.794. The van der Waals surface area contributed by atoms with Crippen LogP contribution in [-0.4, -0.2) is 27.6 Å². The Morgan fingerprint density at radius 3 is 2.78 bits per heavy atom. The van der Waals surface area contributed by atoms with E-state index < -0.39 is 11.5 Å². The maximum atomic E-state index is 13.3. The first kappa shape index (κ1) is 17.2. The number of methoxy groups -OCH3 is 1. The van der Waals surface area contributed by atoms with Crippen LogP contribution in [0.1, 0.15) is 10.4 Å². The van der Waals surface area contributed by atoms with E-state index in [1.54, 1.807) is 36.7 Å². The first-order valence-corrected chi connectivity index (χ1v) is 8.74. The van der Waals surface area contributed by atoms with Crippen molar-refractivity contribution in [1.29, 1.82) is 0 Å². The Morgan fingerprint density at radius 2 is 2.00 bits per heavy atom. The van der Waals surface area contributed by atoms with E-state index in [1.807, 2.05) is 12.1 Å². The van der Waals surface area contributed by atoms with Crippen LogP contribution in [0.25, 0.3) is 27.5 Å². The fourth-order valence-electron chi connectivity index (χ4n) is 3.09. The SMILES string of the molecule is COC(=O)c1c(N)c2ccc(Br)nc2n(-c2cccc3cnccc23)c1=O. The van der Waals surface area contributed by atoms with E-state index in [2.05, 4.69) is 25.9 Å². The van der Waals surface area contributed by atoms with Crippen LogP contribution in [-0.2, 0) is 4.74 Å². The maximum Gasteiger partial charge on any atom is 0.345 e. The number of benzene rings is 1. The molecule has 0 amide bonds. The molecule has 4 aromatic rings. The van der Waals surface area contributed by atoms with E-state index in [9.17, 15) is 9.59 Å². The third-order valence-electron chi connectivity index (χ3n) is 4.32. The lowest BCUT2D eigenvalue weighted by molar-refractivity contribution is 0.0600. The number of carbonyl (C=O) groups is 1. The Kier molecular flexibility index (Phi) is 4.12. The number of esters is 1. The number of nitrogens with two attached hydrogens (primary N) is 1. The van der Waals surface area contributed by atoms with Crippen molar-refractivity contribution in [3.8, 4) is 5.69 Å². The molecule has 4 rings (SSSR count). The summed E-state index contributed by atoms with van der Waals surface area (Å²) in [6.07, 6.45) is 3.34. The zero-order valence-electron chi connectivity index (χ0n) is 14.1. The van der Waals surface area contributed by atoms with E-state index in [4.69, 9.17) is 10.5 Å². The van der Waals surface area contributed by atoms with Gasteiger partial charge in [-0.2, -0.15) is 0 Å². The lowest BCUT2D eigenvalue weighted by Gasteiger charge is -2.16. The summed E-state index contributed by atoms with van der Waals surface area (Å²) >= 11 is 3.33. The molecule has 0 aliphatic heterocycles. The molecule has 0 saturated heterocycles. The largest absolute Gasteiger partial charge is 0.465 e. The zero-order chi connectivity index (χ0) is 19.1. The number of aromatic nitrogens is 3. The van der Waals surface area contributed by atoms with Crippen LogP contribution in [0.4, 0.5) is 5.69 Å². The second-order valence-electron chi connectivity index (χ2n) is 5.80. The number of anilines is 1. The third kappa shape index (κ3) is 2.65. The average Bonchev–Trinajstić information content (AvgIpc) is 2.68.